The summed E-state index contributed by atoms with van der Waals surface area (Å²) >= 11 is 0. The number of nitrogens with zero attached hydrogens (tertiary/aromatic N) is 4. The second-order valence-corrected chi connectivity index (χ2v) is 6.75. The van der Waals surface area contributed by atoms with Gasteiger partial charge in [0.1, 0.15) is 0 Å². The van der Waals surface area contributed by atoms with Crippen molar-refractivity contribution in [2.24, 2.45) is 12.0 Å². The summed E-state index contributed by atoms with van der Waals surface area (Å²) in [4.78, 5) is 6.49. The van der Waals surface area contributed by atoms with E-state index in [4.69, 9.17) is 9.47 Å². The minimum Gasteiger partial charge on any atom is -0.493 e. The molecule has 0 aliphatic rings. The molecule has 1 atom stereocenters. The molecule has 29 heavy (non-hydrogen) atoms. The van der Waals surface area contributed by atoms with E-state index < -0.39 is 0 Å². The summed E-state index contributed by atoms with van der Waals surface area (Å²) in [6.07, 6.45) is 4.79. The number of hydrogen-bond acceptors (Lipinski definition) is 5. The highest BCUT2D eigenvalue weighted by molar-refractivity contribution is 14.0. The third kappa shape index (κ3) is 7.39. The molecule has 0 aliphatic heterocycles. The minimum absolute atomic E-state index is 0. The number of aryl methyl sites for hydroxylation is 1. The molecule has 8 nitrogen and oxygen atoms in total. The second kappa shape index (κ2) is 12.5. The van der Waals surface area contributed by atoms with Crippen LogP contribution in [0.3, 0.4) is 0 Å². The first-order valence-corrected chi connectivity index (χ1v) is 9.28. The molecule has 1 heterocycles. The summed E-state index contributed by atoms with van der Waals surface area (Å²) in [7, 11) is 11.1. The first-order chi connectivity index (χ1) is 13.5. The fourth-order valence-corrected chi connectivity index (χ4v) is 2.99. The van der Waals surface area contributed by atoms with Gasteiger partial charge in [-0.25, -0.2) is 0 Å². The number of nitrogens with one attached hydrogen (secondary N) is 2. The van der Waals surface area contributed by atoms with Gasteiger partial charge in [0.2, 0.25) is 0 Å². The summed E-state index contributed by atoms with van der Waals surface area (Å²) in [5.74, 6) is 2.26. The molecule has 0 spiro atoms. The van der Waals surface area contributed by atoms with Gasteiger partial charge in [-0.05, 0) is 38.2 Å². The van der Waals surface area contributed by atoms with Gasteiger partial charge in [-0.3, -0.25) is 9.67 Å². The predicted octanol–water partition coefficient (Wildman–Crippen LogP) is 2.07. The SMILES string of the molecule is CN=C(NCCc1ccc(OC)c(OC)c1)NCC(c1cnn(C)c1)N(C)C.I. The molecule has 0 saturated heterocycles. The Morgan fingerprint density at radius 3 is 2.48 bits per heavy atom. The van der Waals surface area contributed by atoms with Crippen LogP contribution in [-0.4, -0.2) is 69.1 Å². The zero-order chi connectivity index (χ0) is 20.5. The number of ether oxygens (including phenoxy) is 2. The van der Waals surface area contributed by atoms with E-state index in [2.05, 4.69) is 39.7 Å². The summed E-state index contributed by atoms with van der Waals surface area (Å²) in [5, 5.41) is 11.0. The summed E-state index contributed by atoms with van der Waals surface area (Å²) in [6, 6.07) is 6.18. The largest absolute Gasteiger partial charge is 0.493 e. The van der Waals surface area contributed by atoms with Crippen molar-refractivity contribution in [3.8, 4) is 11.5 Å². The van der Waals surface area contributed by atoms with Crippen molar-refractivity contribution in [1.82, 2.24) is 25.3 Å². The fraction of sp³-hybridized carbons (Fsp3) is 0.500. The van der Waals surface area contributed by atoms with Crippen molar-refractivity contribution < 1.29 is 9.47 Å². The van der Waals surface area contributed by atoms with Crippen molar-refractivity contribution in [2.45, 2.75) is 12.5 Å². The van der Waals surface area contributed by atoms with E-state index in [0.29, 0.717) is 0 Å². The van der Waals surface area contributed by atoms with Gasteiger partial charge in [0.15, 0.2) is 17.5 Å². The molecule has 1 aromatic carbocycles. The molecule has 2 rings (SSSR count). The number of rotatable bonds is 9. The first-order valence-electron chi connectivity index (χ1n) is 9.28. The van der Waals surface area contributed by atoms with Crippen molar-refractivity contribution in [3.63, 3.8) is 0 Å². The van der Waals surface area contributed by atoms with Crippen LogP contribution >= 0.6 is 24.0 Å². The van der Waals surface area contributed by atoms with E-state index in [0.717, 1.165) is 37.0 Å². The normalized spacial score (nSPS) is 12.3. The zero-order valence-electron chi connectivity index (χ0n) is 18.1. The predicted molar refractivity (Wildman–Crippen MR) is 128 cm³/mol. The lowest BCUT2D eigenvalue weighted by Crippen LogP contribution is -2.42. The van der Waals surface area contributed by atoms with Gasteiger partial charge < -0.3 is 25.0 Å². The average molecular weight is 516 g/mol. The molecule has 9 heteroatoms. The number of halogens is 1. The Hall–Kier alpha value is -2.01. The van der Waals surface area contributed by atoms with E-state index in [9.17, 15) is 0 Å². The molecule has 2 N–H and O–H groups in total. The minimum atomic E-state index is 0. The van der Waals surface area contributed by atoms with Crippen molar-refractivity contribution in [3.05, 3.63) is 41.7 Å². The van der Waals surface area contributed by atoms with E-state index in [1.54, 1.807) is 21.3 Å². The van der Waals surface area contributed by atoms with E-state index in [1.807, 2.05) is 42.3 Å². The molecular weight excluding hydrogens is 483 g/mol. The molecule has 2 aromatic rings. The molecule has 0 fully saturated rings. The van der Waals surface area contributed by atoms with Crippen LogP contribution in [0.4, 0.5) is 0 Å². The Kier molecular flexibility index (Phi) is 10.8. The maximum Gasteiger partial charge on any atom is 0.191 e. The number of aliphatic imine (C=N–C) groups is 1. The van der Waals surface area contributed by atoms with Gasteiger partial charge >= 0.3 is 0 Å². The zero-order valence-corrected chi connectivity index (χ0v) is 20.4. The molecule has 1 aromatic heterocycles. The Morgan fingerprint density at radius 1 is 1.21 bits per heavy atom. The van der Waals surface area contributed by atoms with Crippen LogP contribution in [0.5, 0.6) is 11.5 Å². The fourth-order valence-electron chi connectivity index (χ4n) is 2.99. The van der Waals surface area contributed by atoms with Gasteiger partial charge in [0.25, 0.3) is 0 Å². The number of likely N-dealkylation sites (N-methyl/N-ethyl adjacent to an activating group) is 1. The molecule has 0 saturated carbocycles. The molecular formula is C20H33IN6O2. The van der Waals surface area contributed by atoms with Crippen LogP contribution in [0.15, 0.2) is 35.6 Å². The summed E-state index contributed by atoms with van der Waals surface area (Å²) in [6.45, 7) is 1.49. The maximum absolute atomic E-state index is 5.36. The topological polar surface area (TPSA) is 75.9 Å². The number of hydrogen-bond donors (Lipinski definition) is 2. The van der Waals surface area contributed by atoms with Crippen LogP contribution < -0.4 is 20.1 Å². The summed E-state index contributed by atoms with van der Waals surface area (Å²) in [5.41, 5.74) is 2.34. The highest BCUT2D eigenvalue weighted by Crippen LogP contribution is 2.27. The van der Waals surface area contributed by atoms with Crippen LogP contribution in [0.2, 0.25) is 0 Å². The number of benzene rings is 1. The van der Waals surface area contributed by atoms with Gasteiger partial charge in [-0.1, -0.05) is 6.07 Å². The quantitative estimate of drug-likeness (QED) is 0.302. The van der Waals surface area contributed by atoms with Crippen LogP contribution in [-0.2, 0) is 13.5 Å². The van der Waals surface area contributed by atoms with Crippen molar-refractivity contribution >= 4 is 29.9 Å². The number of aromatic nitrogens is 2. The first kappa shape index (κ1) is 25.0. The van der Waals surface area contributed by atoms with Crippen LogP contribution in [0, 0.1) is 0 Å². The van der Waals surface area contributed by atoms with E-state index in [-0.39, 0.29) is 30.0 Å². The Bertz CT molecular complexity index is 778. The molecule has 162 valence electrons. The molecule has 0 bridgehead atoms. The Balaban J connectivity index is 0.00000420. The lowest BCUT2D eigenvalue weighted by molar-refractivity contribution is 0.298. The van der Waals surface area contributed by atoms with Gasteiger partial charge in [-0.15, -0.1) is 24.0 Å². The Labute approximate surface area is 190 Å². The monoisotopic (exact) mass is 516 g/mol. The van der Waals surface area contributed by atoms with Crippen molar-refractivity contribution in [1.29, 1.82) is 0 Å². The standard InChI is InChI=1S/C20H32N6O2.HI/c1-21-20(23-13-17(25(2)3)16-12-24-26(4)14-16)22-10-9-15-7-8-18(27-5)19(11-15)28-6;/h7-8,11-12,14,17H,9-10,13H2,1-6H3,(H2,21,22,23);1H. The molecule has 1 unspecified atom stereocenters. The highest BCUT2D eigenvalue weighted by Gasteiger charge is 2.16. The second-order valence-electron chi connectivity index (χ2n) is 6.75. The van der Waals surface area contributed by atoms with E-state index in [1.165, 1.54) is 11.1 Å². The lowest BCUT2D eigenvalue weighted by Gasteiger charge is -2.24. The third-order valence-electron chi connectivity index (χ3n) is 4.57. The van der Waals surface area contributed by atoms with Gasteiger partial charge in [0, 0.05) is 38.9 Å². The molecule has 0 amide bonds. The van der Waals surface area contributed by atoms with E-state index >= 15 is 0 Å². The summed E-state index contributed by atoms with van der Waals surface area (Å²) < 4.78 is 12.5. The Morgan fingerprint density at radius 2 is 1.93 bits per heavy atom. The lowest BCUT2D eigenvalue weighted by atomic mass is 10.1. The van der Waals surface area contributed by atoms with Crippen LogP contribution in [0.25, 0.3) is 0 Å². The highest BCUT2D eigenvalue weighted by atomic mass is 127. The van der Waals surface area contributed by atoms with Gasteiger partial charge in [-0.2, -0.15) is 5.10 Å². The maximum atomic E-state index is 5.36. The van der Waals surface area contributed by atoms with Crippen molar-refractivity contribution in [2.75, 3.05) is 48.5 Å². The van der Waals surface area contributed by atoms with Crippen LogP contribution in [0.1, 0.15) is 17.2 Å². The molecule has 0 radical (unpaired) electrons. The number of guanidine groups is 1. The molecule has 0 aliphatic carbocycles. The average Bonchev–Trinajstić information content (AvgIpc) is 3.12. The third-order valence-corrected chi connectivity index (χ3v) is 4.57. The van der Waals surface area contributed by atoms with Gasteiger partial charge in [0.05, 0.1) is 26.5 Å². The smallest absolute Gasteiger partial charge is 0.191 e. The number of methoxy groups -OCH3 is 2.